The van der Waals surface area contributed by atoms with Crippen molar-refractivity contribution in [1.29, 1.82) is 0 Å². The molecule has 0 radical (unpaired) electrons. The molecule has 4 heteroatoms. The van der Waals surface area contributed by atoms with Gasteiger partial charge in [0, 0.05) is 17.6 Å². The first kappa shape index (κ1) is 22.2. The van der Waals surface area contributed by atoms with Gasteiger partial charge in [-0.15, -0.1) is 0 Å². The Kier molecular flexibility index (Phi) is 6.52. The van der Waals surface area contributed by atoms with Gasteiger partial charge in [-0.25, -0.2) is 4.98 Å². The third-order valence-corrected chi connectivity index (χ3v) is 7.94. The van der Waals surface area contributed by atoms with Crippen molar-refractivity contribution in [2.24, 2.45) is 0 Å². The molecule has 0 unspecified atom stereocenters. The number of carbonyl (C=O) groups is 1. The van der Waals surface area contributed by atoms with Crippen LogP contribution < -0.4 is 0 Å². The van der Waals surface area contributed by atoms with Crippen LogP contribution in [0.2, 0.25) is 0 Å². The van der Waals surface area contributed by atoms with Crippen molar-refractivity contribution in [3.63, 3.8) is 0 Å². The zero-order valence-electron chi connectivity index (χ0n) is 20.2. The van der Waals surface area contributed by atoms with Gasteiger partial charge in [0.15, 0.2) is 0 Å². The molecule has 2 aliphatic carbocycles. The first-order valence-corrected chi connectivity index (χ1v) is 13.0. The van der Waals surface area contributed by atoms with Gasteiger partial charge >= 0.3 is 0 Å². The van der Waals surface area contributed by atoms with Crippen LogP contribution in [0.3, 0.4) is 0 Å². The Morgan fingerprint density at radius 3 is 2.15 bits per heavy atom. The zero-order valence-corrected chi connectivity index (χ0v) is 20.2. The number of carbonyl (C=O) groups excluding carboxylic acids is 1. The molecule has 2 fully saturated rings. The summed E-state index contributed by atoms with van der Waals surface area (Å²) in [5.74, 6) is 1.18. The molecule has 0 atom stereocenters. The Morgan fingerprint density at radius 1 is 0.879 bits per heavy atom. The van der Waals surface area contributed by atoms with Crippen LogP contribution in [0.4, 0.5) is 0 Å². The number of aryl methyl sites for hydroxylation is 2. The average Bonchev–Trinajstić information content (AvgIpc) is 3.21. The number of rotatable bonds is 5. The number of imidazole rings is 1. The van der Waals surface area contributed by atoms with E-state index in [9.17, 15) is 4.79 Å². The lowest BCUT2D eigenvalue weighted by Crippen LogP contribution is -2.50. The van der Waals surface area contributed by atoms with E-state index >= 15 is 0 Å². The smallest absolute Gasteiger partial charge is 0.243 e. The van der Waals surface area contributed by atoms with Gasteiger partial charge in [0.25, 0.3) is 0 Å². The molecule has 1 heterocycles. The minimum Gasteiger partial charge on any atom is -0.335 e. The van der Waals surface area contributed by atoms with E-state index in [-0.39, 0.29) is 5.91 Å². The van der Waals surface area contributed by atoms with E-state index in [1.165, 1.54) is 49.7 Å². The third-order valence-electron chi connectivity index (χ3n) is 7.94. The Balaban J connectivity index is 1.52. The highest BCUT2D eigenvalue weighted by Crippen LogP contribution is 2.32. The lowest BCUT2D eigenvalue weighted by Gasteiger charge is -2.42. The summed E-state index contributed by atoms with van der Waals surface area (Å²) in [7, 11) is 0. The Morgan fingerprint density at radius 2 is 1.52 bits per heavy atom. The number of hydrogen-bond donors (Lipinski definition) is 0. The molecule has 2 aromatic carbocycles. The van der Waals surface area contributed by atoms with Crippen molar-refractivity contribution < 1.29 is 4.79 Å². The number of amides is 1. The molecule has 5 rings (SSSR count). The molecule has 174 valence electrons. The monoisotopic (exact) mass is 443 g/mol. The maximum absolute atomic E-state index is 14.0. The normalized spacial score (nSPS) is 18.0. The van der Waals surface area contributed by atoms with Gasteiger partial charge in [-0.1, -0.05) is 62.8 Å². The second-order valence-corrected chi connectivity index (χ2v) is 10.2. The Hall–Kier alpha value is -2.62. The first-order valence-electron chi connectivity index (χ1n) is 13.0. The van der Waals surface area contributed by atoms with Crippen molar-refractivity contribution in [1.82, 2.24) is 14.5 Å². The molecule has 3 aromatic rings. The van der Waals surface area contributed by atoms with Gasteiger partial charge in [-0.3, -0.25) is 4.79 Å². The van der Waals surface area contributed by atoms with Crippen LogP contribution in [-0.2, 0) is 11.3 Å². The number of hydrogen-bond acceptors (Lipinski definition) is 2. The predicted octanol–water partition coefficient (Wildman–Crippen LogP) is 6.81. The van der Waals surface area contributed by atoms with Gasteiger partial charge in [0.1, 0.15) is 12.4 Å². The first-order chi connectivity index (χ1) is 16.1. The maximum Gasteiger partial charge on any atom is 0.243 e. The number of aromatic nitrogens is 2. The van der Waals surface area contributed by atoms with E-state index in [1.807, 2.05) is 6.07 Å². The second kappa shape index (κ2) is 9.70. The fraction of sp³-hybridized carbons (Fsp3) is 0.517. The van der Waals surface area contributed by atoms with Crippen LogP contribution in [0.25, 0.3) is 22.4 Å². The van der Waals surface area contributed by atoms with Gasteiger partial charge in [0.2, 0.25) is 5.91 Å². The minimum absolute atomic E-state index is 0.280. The summed E-state index contributed by atoms with van der Waals surface area (Å²) in [4.78, 5) is 21.3. The molecule has 0 saturated heterocycles. The van der Waals surface area contributed by atoms with Crippen LogP contribution in [0.1, 0.15) is 75.3 Å². The van der Waals surface area contributed by atoms with Crippen molar-refractivity contribution in [3.05, 3.63) is 53.6 Å². The van der Waals surface area contributed by atoms with E-state index in [0.29, 0.717) is 18.6 Å². The number of benzene rings is 2. The summed E-state index contributed by atoms with van der Waals surface area (Å²) in [6, 6.07) is 15.6. The fourth-order valence-corrected chi connectivity index (χ4v) is 5.98. The number of fused-ring (bicyclic) bond motifs is 1. The summed E-state index contributed by atoms with van der Waals surface area (Å²) < 4.78 is 2.17. The minimum atomic E-state index is 0.280. The maximum atomic E-state index is 14.0. The lowest BCUT2D eigenvalue weighted by atomic mass is 9.88. The molecular weight excluding hydrogens is 406 g/mol. The van der Waals surface area contributed by atoms with Crippen molar-refractivity contribution in [2.75, 3.05) is 0 Å². The molecule has 0 bridgehead atoms. The summed E-state index contributed by atoms with van der Waals surface area (Å²) in [5, 5.41) is 0. The number of nitrogens with zero attached hydrogens (tertiary/aromatic N) is 3. The molecular formula is C29H37N3O. The molecule has 33 heavy (non-hydrogen) atoms. The predicted molar refractivity (Wildman–Crippen MR) is 135 cm³/mol. The van der Waals surface area contributed by atoms with E-state index < -0.39 is 0 Å². The third kappa shape index (κ3) is 4.58. The summed E-state index contributed by atoms with van der Waals surface area (Å²) in [6.45, 7) is 4.65. The van der Waals surface area contributed by atoms with E-state index in [2.05, 4.69) is 59.7 Å². The van der Waals surface area contributed by atoms with E-state index in [4.69, 9.17) is 4.98 Å². The van der Waals surface area contributed by atoms with Gasteiger partial charge < -0.3 is 9.47 Å². The van der Waals surface area contributed by atoms with E-state index in [1.54, 1.807) is 0 Å². The highest BCUT2D eigenvalue weighted by molar-refractivity contribution is 5.85. The molecule has 2 saturated carbocycles. The largest absolute Gasteiger partial charge is 0.335 e. The molecule has 1 aromatic heterocycles. The quantitative estimate of drug-likeness (QED) is 0.434. The van der Waals surface area contributed by atoms with Crippen molar-refractivity contribution >= 4 is 16.9 Å². The summed E-state index contributed by atoms with van der Waals surface area (Å²) in [6.07, 6.45) is 12.3. The average molecular weight is 444 g/mol. The van der Waals surface area contributed by atoms with Gasteiger partial charge in [-0.2, -0.15) is 0 Å². The zero-order chi connectivity index (χ0) is 22.8. The fourth-order valence-electron chi connectivity index (χ4n) is 5.98. The molecule has 0 spiro atoms. The highest BCUT2D eigenvalue weighted by atomic mass is 16.2. The van der Waals surface area contributed by atoms with Crippen molar-refractivity contribution in [3.8, 4) is 11.4 Å². The van der Waals surface area contributed by atoms with Crippen LogP contribution in [0.15, 0.2) is 42.5 Å². The topological polar surface area (TPSA) is 38.1 Å². The van der Waals surface area contributed by atoms with Crippen LogP contribution in [0.5, 0.6) is 0 Å². The van der Waals surface area contributed by atoms with Crippen LogP contribution >= 0.6 is 0 Å². The molecule has 0 N–H and O–H groups in total. The SMILES string of the molecule is Cc1ccc(-c2nc3ccccc3n2CC(=O)N(C2CCCCC2)C2CCCCC2)cc1C. The second-order valence-electron chi connectivity index (χ2n) is 10.2. The molecule has 2 aliphatic rings. The highest BCUT2D eigenvalue weighted by Gasteiger charge is 2.33. The Labute approximate surface area is 198 Å². The number of para-hydroxylation sites is 2. The lowest BCUT2D eigenvalue weighted by molar-refractivity contribution is -0.138. The Bertz CT molecular complexity index is 1100. The van der Waals surface area contributed by atoms with Crippen LogP contribution in [0, 0.1) is 13.8 Å². The van der Waals surface area contributed by atoms with Crippen molar-refractivity contribution in [2.45, 2.75) is 96.7 Å². The summed E-state index contributed by atoms with van der Waals surface area (Å²) in [5.41, 5.74) is 5.62. The van der Waals surface area contributed by atoms with Crippen LogP contribution in [-0.4, -0.2) is 32.4 Å². The van der Waals surface area contributed by atoms with E-state index in [0.717, 1.165) is 48.1 Å². The molecule has 0 aliphatic heterocycles. The summed E-state index contributed by atoms with van der Waals surface area (Å²) >= 11 is 0. The van der Waals surface area contributed by atoms with Gasteiger partial charge in [0.05, 0.1) is 11.0 Å². The van der Waals surface area contributed by atoms with Gasteiger partial charge in [-0.05, 0) is 68.9 Å². The molecule has 4 nitrogen and oxygen atoms in total. The molecule has 1 amide bonds. The standard InChI is InChI=1S/C29H37N3O/c1-21-17-18-23(19-22(21)2)29-30-26-15-9-10-16-27(26)31(29)20-28(33)32(24-11-5-3-6-12-24)25-13-7-4-8-14-25/h9-10,15-19,24-25H,3-8,11-14,20H2,1-2H3.